The van der Waals surface area contributed by atoms with E-state index in [1.54, 1.807) is 16.3 Å². The van der Waals surface area contributed by atoms with Gasteiger partial charge in [-0.2, -0.15) is 0 Å². The Hall–Kier alpha value is 0.304. The van der Waals surface area contributed by atoms with Crippen LogP contribution in [-0.4, -0.2) is 42.1 Å². The van der Waals surface area contributed by atoms with E-state index >= 15 is 0 Å². The van der Waals surface area contributed by atoms with Crippen molar-refractivity contribution in [1.29, 1.82) is 0 Å². The predicted molar refractivity (Wildman–Crippen MR) is 69.1 cm³/mol. The molecule has 1 heterocycles. The molecule has 0 nitrogen and oxygen atoms in total. The van der Waals surface area contributed by atoms with Crippen molar-refractivity contribution in [2.75, 3.05) is 0 Å². The standard InChI is InChI=1S/C9H11Si5/c1-6-4-7(2)9(8(3)5-6)14-12-10-11-13-14/h4-5H,1-3H3. The first-order valence-corrected chi connectivity index (χ1v) is 15.2. The fraction of sp³-hybridized carbons (Fsp3) is 0.333. The molecule has 0 aromatic heterocycles. The Morgan fingerprint density at radius 2 is 1.43 bits per heavy atom. The molecule has 0 aliphatic carbocycles. The quantitative estimate of drug-likeness (QED) is 0.617. The van der Waals surface area contributed by atoms with Crippen molar-refractivity contribution in [2.45, 2.75) is 20.8 Å². The van der Waals surface area contributed by atoms with Gasteiger partial charge in [0.1, 0.15) is 0 Å². The Labute approximate surface area is 96.7 Å². The molecule has 0 saturated carbocycles. The molecule has 0 N–H and O–H groups in total. The highest BCUT2D eigenvalue weighted by molar-refractivity contribution is 7.82. The number of rotatable bonds is 1. The largest absolute Gasteiger partial charge is 0.0631 e. The van der Waals surface area contributed by atoms with E-state index in [-0.39, 0.29) is 7.83 Å². The van der Waals surface area contributed by atoms with Gasteiger partial charge in [-0.3, -0.25) is 0 Å². The number of aryl methyl sites for hydroxylation is 3. The summed E-state index contributed by atoms with van der Waals surface area (Å²) in [6.07, 6.45) is 0. The average Bonchev–Trinajstić information content (AvgIpc) is 2.54. The molecule has 1 aliphatic heterocycles. The van der Waals surface area contributed by atoms with E-state index < -0.39 is 0 Å². The van der Waals surface area contributed by atoms with Crippen LogP contribution in [0.3, 0.4) is 0 Å². The van der Waals surface area contributed by atoms with Gasteiger partial charge in [0.05, 0.1) is 7.83 Å². The summed E-state index contributed by atoms with van der Waals surface area (Å²) in [5.74, 6) is 0. The third-order valence-electron chi connectivity index (χ3n) is 2.36. The SMILES string of the molecule is Cc1cc(C)c([Si]2[Si][Si][Si][Si]2)c(C)c1. The van der Waals surface area contributed by atoms with E-state index in [1.807, 2.05) is 0 Å². The Bertz CT molecular complexity index is 320. The normalized spacial score (nSPS) is 17.6. The zero-order chi connectivity index (χ0) is 10.1. The van der Waals surface area contributed by atoms with E-state index in [0.717, 1.165) is 0 Å². The lowest BCUT2D eigenvalue weighted by Gasteiger charge is -2.15. The first kappa shape index (κ1) is 10.8. The summed E-state index contributed by atoms with van der Waals surface area (Å²) in [6, 6.07) is 4.75. The third-order valence-corrected chi connectivity index (χ3v) is 33.4. The maximum Gasteiger partial charge on any atom is 0.0518 e. The second-order valence-corrected chi connectivity index (χ2v) is 22.4. The lowest BCUT2D eigenvalue weighted by Crippen LogP contribution is -2.42. The lowest BCUT2D eigenvalue weighted by atomic mass is 10.1. The van der Waals surface area contributed by atoms with Crippen LogP contribution < -0.4 is 5.19 Å². The maximum atomic E-state index is 2.37. The molecule has 1 aliphatic rings. The van der Waals surface area contributed by atoms with Gasteiger partial charge < -0.3 is 0 Å². The fourth-order valence-electron chi connectivity index (χ4n) is 1.92. The number of benzene rings is 1. The minimum atomic E-state index is -0.0862. The fourth-order valence-corrected chi connectivity index (χ4v) is 51.3. The van der Waals surface area contributed by atoms with Crippen molar-refractivity contribution >= 4 is 47.2 Å². The predicted octanol–water partition coefficient (Wildman–Crippen LogP) is -0.118. The van der Waals surface area contributed by atoms with E-state index in [2.05, 4.69) is 32.9 Å². The third kappa shape index (κ3) is 2.11. The Balaban J connectivity index is 2.40. The van der Waals surface area contributed by atoms with Crippen molar-refractivity contribution < 1.29 is 0 Å². The highest BCUT2D eigenvalue weighted by Crippen LogP contribution is 2.07. The summed E-state index contributed by atoms with van der Waals surface area (Å²) < 4.78 is 0. The summed E-state index contributed by atoms with van der Waals surface area (Å²) in [4.78, 5) is 0. The van der Waals surface area contributed by atoms with Crippen LogP contribution in [0, 0.1) is 20.8 Å². The van der Waals surface area contributed by atoms with Crippen LogP contribution in [0.4, 0.5) is 0 Å². The summed E-state index contributed by atoms with van der Waals surface area (Å²) >= 11 is 0. The van der Waals surface area contributed by atoms with E-state index in [4.69, 9.17) is 0 Å². The van der Waals surface area contributed by atoms with Gasteiger partial charge >= 0.3 is 0 Å². The van der Waals surface area contributed by atoms with Crippen molar-refractivity contribution in [1.82, 2.24) is 0 Å². The number of hydrogen-bond donors (Lipinski definition) is 0. The van der Waals surface area contributed by atoms with Gasteiger partial charge in [-0.25, -0.2) is 0 Å². The Morgan fingerprint density at radius 1 is 0.929 bits per heavy atom. The van der Waals surface area contributed by atoms with E-state index in [1.165, 1.54) is 39.8 Å². The molecule has 2 rings (SSSR count). The van der Waals surface area contributed by atoms with Crippen LogP contribution >= 0.6 is 0 Å². The molecule has 5 heteroatoms. The van der Waals surface area contributed by atoms with Gasteiger partial charge in [0.25, 0.3) is 0 Å². The topological polar surface area (TPSA) is 0 Å². The van der Waals surface area contributed by atoms with Crippen molar-refractivity contribution in [3.63, 3.8) is 0 Å². The van der Waals surface area contributed by atoms with Crippen molar-refractivity contribution in [3.05, 3.63) is 28.8 Å². The Kier molecular flexibility index (Phi) is 3.43. The van der Waals surface area contributed by atoms with Crippen molar-refractivity contribution in [3.8, 4) is 0 Å². The zero-order valence-electron chi connectivity index (χ0n) is 8.65. The summed E-state index contributed by atoms with van der Waals surface area (Å²) in [5, 5.41) is 1.79. The maximum absolute atomic E-state index is 2.37. The zero-order valence-corrected chi connectivity index (χ0v) is 13.7. The molecule has 0 spiro atoms. The summed E-state index contributed by atoms with van der Waals surface area (Å²) in [5.41, 5.74) is 4.58. The average molecular weight is 260 g/mol. The number of hydrogen-bond acceptors (Lipinski definition) is 0. The summed E-state index contributed by atoms with van der Waals surface area (Å²) in [6.45, 7) is 6.84. The molecular weight excluding hydrogens is 249 g/mol. The van der Waals surface area contributed by atoms with E-state index in [0.29, 0.717) is 0 Å². The molecule has 14 heavy (non-hydrogen) atoms. The van der Waals surface area contributed by atoms with Gasteiger partial charge in [-0.15, -0.1) is 0 Å². The highest BCUT2D eigenvalue weighted by Gasteiger charge is 2.23. The second kappa shape index (κ2) is 4.44. The van der Waals surface area contributed by atoms with Crippen LogP contribution in [0.1, 0.15) is 16.7 Å². The summed E-state index contributed by atoms with van der Waals surface area (Å²) in [7, 11) is 5.19. The molecule has 9 radical (unpaired) electrons. The van der Waals surface area contributed by atoms with Crippen molar-refractivity contribution in [2.24, 2.45) is 0 Å². The second-order valence-electron chi connectivity index (χ2n) is 3.65. The monoisotopic (exact) mass is 259 g/mol. The van der Waals surface area contributed by atoms with Crippen LogP contribution in [0.25, 0.3) is 0 Å². The first-order valence-electron chi connectivity index (χ1n) is 4.65. The molecule has 0 amide bonds. The molecule has 1 fully saturated rings. The van der Waals surface area contributed by atoms with Gasteiger partial charge in [0.2, 0.25) is 0 Å². The molecular formula is C9H11Si5. The Morgan fingerprint density at radius 3 is 1.93 bits per heavy atom. The van der Waals surface area contributed by atoms with Crippen LogP contribution in [-0.2, 0) is 0 Å². The van der Waals surface area contributed by atoms with Gasteiger partial charge in [-0.05, 0) is 20.8 Å². The highest BCUT2D eigenvalue weighted by atomic mass is 30.1. The molecule has 1 saturated heterocycles. The van der Waals surface area contributed by atoms with Crippen LogP contribution in [0.5, 0.6) is 0 Å². The minimum Gasteiger partial charge on any atom is -0.0631 e. The molecule has 67 valence electrons. The molecule has 1 aromatic rings. The lowest BCUT2D eigenvalue weighted by molar-refractivity contribution is 1.35. The van der Waals surface area contributed by atoms with Crippen LogP contribution in [0.2, 0.25) is 0 Å². The van der Waals surface area contributed by atoms with Gasteiger partial charge in [0, 0.05) is 34.2 Å². The van der Waals surface area contributed by atoms with E-state index in [9.17, 15) is 0 Å². The molecule has 0 bridgehead atoms. The van der Waals surface area contributed by atoms with Gasteiger partial charge in [-0.1, -0.05) is 34.0 Å². The molecule has 0 unspecified atom stereocenters. The molecule has 0 atom stereocenters. The molecule has 1 aromatic carbocycles. The smallest absolute Gasteiger partial charge is 0.0518 e. The minimum absolute atomic E-state index is 0.0862. The first-order chi connectivity index (χ1) is 6.68. The van der Waals surface area contributed by atoms with Crippen LogP contribution in [0.15, 0.2) is 12.1 Å². The van der Waals surface area contributed by atoms with Gasteiger partial charge in [0.15, 0.2) is 0 Å².